The molecule has 0 unspecified atom stereocenters. The van der Waals surface area contributed by atoms with Crippen LogP contribution in [0.5, 0.6) is 5.75 Å². The maximum Gasteiger partial charge on any atom is 0.250 e. The van der Waals surface area contributed by atoms with Crippen molar-refractivity contribution in [1.82, 2.24) is 4.98 Å². The molecule has 0 aliphatic carbocycles. The van der Waals surface area contributed by atoms with Gasteiger partial charge in [0.2, 0.25) is 5.91 Å². The van der Waals surface area contributed by atoms with Gasteiger partial charge in [0.1, 0.15) is 5.75 Å². The van der Waals surface area contributed by atoms with Crippen molar-refractivity contribution in [1.29, 1.82) is 5.26 Å². The molecule has 0 aliphatic heterocycles. The molecule has 1 heterocycles. The summed E-state index contributed by atoms with van der Waals surface area (Å²) in [5.41, 5.74) is 3.18. The summed E-state index contributed by atoms with van der Waals surface area (Å²) in [4.78, 5) is 16.5. The van der Waals surface area contributed by atoms with E-state index >= 15 is 0 Å². The van der Waals surface area contributed by atoms with Crippen molar-refractivity contribution in [2.45, 2.75) is 0 Å². The Morgan fingerprint density at radius 1 is 1.19 bits per heavy atom. The number of anilines is 1. The normalized spacial score (nSPS) is 10.5. The fourth-order valence-corrected chi connectivity index (χ4v) is 2.94. The fraction of sp³-hybridized carbons (Fsp3) is 0.0500. The number of nitrogens with one attached hydrogen (secondary N) is 1. The Hall–Kier alpha value is -3.43. The molecule has 6 heteroatoms. The summed E-state index contributed by atoms with van der Waals surface area (Å²) < 4.78 is 5.14. The molecule has 0 bridgehead atoms. The summed E-state index contributed by atoms with van der Waals surface area (Å²) in [6.45, 7) is 0. The van der Waals surface area contributed by atoms with Gasteiger partial charge in [0.25, 0.3) is 0 Å². The van der Waals surface area contributed by atoms with Gasteiger partial charge in [-0.15, -0.1) is 11.3 Å². The topological polar surface area (TPSA) is 75.0 Å². The Bertz CT molecular complexity index is 968. The number of carbonyl (C=O) groups excluding carboxylic acids is 1. The molecule has 0 aliphatic rings. The number of thiazole rings is 1. The number of ether oxygens (including phenoxy) is 1. The number of amides is 1. The number of nitriles is 1. The molecule has 0 radical (unpaired) electrons. The van der Waals surface area contributed by atoms with Crippen molar-refractivity contribution in [3.05, 3.63) is 71.1 Å². The van der Waals surface area contributed by atoms with Crippen molar-refractivity contribution in [3.8, 4) is 23.1 Å². The van der Waals surface area contributed by atoms with Crippen LogP contribution in [-0.2, 0) is 4.79 Å². The summed E-state index contributed by atoms with van der Waals surface area (Å²) in [5, 5.41) is 14.0. The van der Waals surface area contributed by atoms with E-state index in [1.807, 2.05) is 29.6 Å². The lowest BCUT2D eigenvalue weighted by molar-refractivity contribution is -0.111. The van der Waals surface area contributed by atoms with Gasteiger partial charge in [-0.25, -0.2) is 4.98 Å². The van der Waals surface area contributed by atoms with E-state index < -0.39 is 0 Å². The van der Waals surface area contributed by atoms with Crippen molar-refractivity contribution in [2.75, 3.05) is 12.4 Å². The first-order chi connectivity index (χ1) is 12.7. The summed E-state index contributed by atoms with van der Waals surface area (Å²) >= 11 is 1.37. The first kappa shape index (κ1) is 17.4. The molecule has 0 fully saturated rings. The van der Waals surface area contributed by atoms with Gasteiger partial charge in [-0.2, -0.15) is 5.26 Å². The predicted molar refractivity (Wildman–Crippen MR) is 103 cm³/mol. The second-order valence-electron chi connectivity index (χ2n) is 5.32. The van der Waals surface area contributed by atoms with Gasteiger partial charge >= 0.3 is 0 Å². The van der Waals surface area contributed by atoms with Crippen LogP contribution in [0.1, 0.15) is 11.1 Å². The zero-order valence-electron chi connectivity index (χ0n) is 14.0. The third-order valence-electron chi connectivity index (χ3n) is 3.59. The molecule has 3 rings (SSSR count). The zero-order valence-corrected chi connectivity index (χ0v) is 14.8. The quantitative estimate of drug-likeness (QED) is 0.686. The third-order valence-corrected chi connectivity index (χ3v) is 4.34. The van der Waals surface area contributed by atoms with Gasteiger partial charge in [0.15, 0.2) is 5.13 Å². The van der Waals surface area contributed by atoms with E-state index in [2.05, 4.69) is 16.4 Å². The molecule has 26 heavy (non-hydrogen) atoms. The molecule has 5 nitrogen and oxygen atoms in total. The molecule has 2 aromatic carbocycles. The summed E-state index contributed by atoms with van der Waals surface area (Å²) in [6, 6.07) is 16.6. The Morgan fingerprint density at radius 3 is 2.58 bits per heavy atom. The largest absolute Gasteiger partial charge is 0.497 e. The third kappa shape index (κ3) is 4.35. The molecule has 0 saturated heterocycles. The molecule has 0 atom stereocenters. The Kier molecular flexibility index (Phi) is 5.42. The van der Waals surface area contributed by atoms with Crippen molar-refractivity contribution >= 4 is 28.5 Å². The summed E-state index contributed by atoms with van der Waals surface area (Å²) in [6.07, 6.45) is 3.13. The highest BCUT2D eigenvalue weighted by molar-refractivity contribution is 7.14. The number of rotatable bonds is 5. The average Bonchev–Trinajstić information content (AvgIpc) is 3.15. The number of methoxy groups -OCH3 is 1. The fourth-order valence-electron chi connectivity index (χ4n) is 2.21. The van der Waals surface area contributed by atoms with Gasteiger partial charge in [0.05, 0.1) is 24.4 Å². The smallest absolute Gasteiger partial charge is 0.250 e. The molecule has 3 aromatic rings. The van der Waals surface area contributed by atoms with Crippen molar-refractivity contribution in [2.24, 2.45) is 0 Å². The average molecular weight is 361 g/mol. The van der Waals surface area contributed by atoms with E-state index in [0.717, 1.165) is 22.6 Å². The Balaban J connectivity index is 1.63. The second-order valence-corrected chi connectivity index (χ2v) is 6.18. The van der Waals surface area contributed by atoms with Crippen molar-refractivity contribution in [3.63, 3.8) is 0 Å². The highest BCUT2D eigenvalue weighted by atomic mass is 32.1. The van der Waals surface area contributed by atoms with Gasteiger partial charge in [-0.05, 0) is 48.0 Å². The Morgan fingerprint density at radius 2 is 1.92 bits per heavy atom. The molecular weight excluding hydrogens is 346 g/mol. The lowest BCUT2D eigenvalue weighted by Crippen LogP contribution is -2.07. The maximum absolute atomic E-state index is 12.0. The Labute approximate surface area is 155 Å². The van der Waals surface area contributed by atoms with Crippen molar-refractivity contribution < 1.29 is 9.53 Å². The van der Waals surface area contributed by atoms with Gasteiger partial charge in [-0.3, -0.25) is 10.1 Å². The monoisotopic (exact) mass is 361 g/mol. The van der Waals surface area contributed by atoms with E-state index in [9.17, 15) is 4.79 Å². The van der Waals surface area contributed by atoms with Crippen LogP contribution in [0.3, 0.4) is 0 Å². The lowest BCUT2D eigenvalue weighted by Gasteiger charge is -2.00. The van der Waals surface area contributed by atoms with E-state index in [1.54, 1.807) is 37.5 Å². The molecule has 1 amide bonds. The molecule has 128 valence electrons. The van der Waals surface area contributed by atoms with Crippen LogP contribution in [0.4, 0.5) is 5.13 Å². The highest BCUT2D eigenvalue weighted by Gasteiger charge is 2.06. The number of hydrogen-bond donors (Lipinski definition) is 1. The van der Waals surface area contributed by atoms with Crippen LogP contribution < -0.4 is 10.1 Å². The number of aromatic nitrogens is 1. The first-order valence-electron chi connectivity index (χ1n) is 7.77. The van der Waals surface area contributed by atoms with Crippen LogP contribution in [0.15, 0.2) is 60.0 Å². The molecular formula is C20H15N3O2S. The second kappa shape index (κ2) is 8.10. The minimum absolute atomic E-state index is 0.259. The highest BCUT2D eigenvalue weighted by Crippen LogP contribution is 2.26. The zero-order chi connectivity index (χ0) is 18.4. The number of nitrogens with zero attached hydrogens (tertiary/aromatic N) is 2. The van der Waals surface area contributed by atoms with E-state index in [-0.39, 0.29) is 5.91 Å². The van der Waals surface area contributed by atoms with Crippen LogP contribution in [0, 0.1) is 11.3 Å². The standard InChI is InChI=1S/C20H15N3O2S/c1-25-17-9-7-16(8-10-17)18-13-26-20(22-18)23-19(24)11-6-14-2-4-15(12-21)5-3-14/h2-11,13H,1H3,(H,22,23,24)/b11-6+. The first-order valence-corrected chi connectivity index (χ1v) is 8.65. The minimum Gasteiger partial charge on any atom is -0.497 e. The van der Waals surface area contributed by atoms with Crippen LogP contribution in [-0.4, -0.2) is 18.0 Å². The van der Waals surface area contributed by atoms with Gasteiger partial charge in [0, 0.05) is 17.0 Å². The maximum atomic E-state index is 12.0. The molecule has 1 N–H and O–H groups in total. The molecule has 1 aromatic heterocycles. The van der Waals surface area contributed by atoms with E-state index in [1.165, 1.54) is 17.4 Å². The molecule has 0 spiro atoms. The number of carbonyl (C=O) groups is 1. The number of hydrogen-bond acceptors (Lipinski definition) is 5. The molecule has 0 saturated carbocycles. The van der Waals surface area contributed by atoms with Gasteiger partial charge < -0.3 is 4.74 Å². The minimum atomic E-state index is -0.259. The van der Waals surface area contributed by atoms with Crippen LogP contribution in [0.25, 0.3) is 17.3 Å². The van der Waals surface area contributed by atoms with Crippen LogP contribution in [0.2, 0.25) is 0 Å². The van der Waals surface area contributed by atoms with Crippen LogP contribution >= 0.6 is 11.3 Å². The van der Waals surface area contributed by atoms with E-state index in [0.29, 0.717) is 10.7 Å². The SMILES string of the molecule is COc1ccc(-c2csc(NC(=O)/C=C/c3ccc(C#N)cc3)n2)cc1. The van der Waals surface area contributed by atoms with Gasteiger partial charge in [-0.1, -0.05) is 12.1 Å². The lowest BCUT2D eigenvalue weighted by atomic mass is 10.1. The number of benzene rings is 2. The summed E-state index contributed by atoms with van der Waals surface area (Å²) in [7, 11) is 1.62. The van der Waals surface area contributed by atoms with E-state index in [4.69, 9.17) is 10.00 Å². The predicted octanol–water partition coefficient (Wildman–Crippen LogP) is 4.34. The summed E-state index contributed by atoms with van der Waals surface area (Å²) in [5.74, 6) is 0.524.